The van der Waals surface area contributed by atoms with Crippen molar-refractivity contribution in [1.29, 1.82) is 0 Å². The van der Waals surface area contributed by atoms with Crippen molar-refractivity contribution >= 4 is 17.0 Å². The molecule has 0 radical (unpaired) electrons. The molecule has 0 bridgehead atoms. The van der Waals surface area contributed by atoms with E-state index in [2.05, 4.69) is 20.3 Å². The van der Waals surface area contributed by atoms with Gasteiger partial charge in [-0.2, -0.15) is 0 Å². The van der Waals surface area contributed by atoms with Gasteiger partial charge < -0.3 is 34.5 Å². The maximum absolute atomic E-state index is 10.2. The van der Waals surface area contributed by atoms with Crippen LogP contribution in [0.15, 0.2) is 29.4 Å². The number of aliphatic hydroxyl groups excluding tert-OH is 3. The Morgan fingerprint density at radius 3 is 2.85 bits per heavy atom. The number of aliphatic hydroxyl groups is 3. The van der Waals surface area contributed by atoms with Gasteiger partial charge in [0.05, 0.1) is 32.9 Å². The van der Waals surface area contributed by atoms with Gasteiger partial charge in [0.2, 0.25) is 0 Å². The maximum Gasteiger partial charge on any atom is 0.167 e. The van der Waals surface area contributed by atoms with E-state index in [1.807, 2.05) is 0 Å². The molecule has 1 aliphatic rings. The highest BCUT2D eigenvalue weighted by Crippen LogP contribution is 2.32. The Bertz CT molecular complexity index is 927. The second kappa shape index (κ2) is 7.12. The van der Waals surface area contributed by atoms with Gasteiger partial charge in [0.1, 0.15) is 24.6 Å². The number of nitrogens with one attached hydrogen (secondary N) is 1. The van der Waals surface area contributed by atoms with Gasteiger partial charge in [-0.05, 0) is 0 Å². The van der Waals surface area contributed by atoms with Gasteiger partial charge in [-0.1, -0.05) is 0 Å². The third-order valence-electron chi connectivity index (χ3n) is 4.49. The minimum Gasteiger partial charge on any atom is -0.493 e. The van der Waals surface area contributed by atoms with Crippen LogP contribution in [0.3, 0.4) is 0 Å². The lowest BCUT2D eigenvalue weighted by molar-refractivity contribution is -0.0511. The van der Waals surface area contributed by atoms with Gasteiger partial charge in [0.25, 0.3) is 0 Å². The molecule has 0 aromatic carbocycles. The summed E-state index contributed by atoms with van der Waals surface area (Å²) in [5, 5.41) is 32.6. The molecule has 11 heteroatoms. The summed E-state index contributed by atoms with van der Waals surface area (Å²) in [6.07, 6.45) is 0.0916. The zero-order valence-corrected chi connectivity index (χ0v) is 14.4. The van der Waals surface area contributed by atoms with Crippen LogP contribution >= 0.6 is 0 Å². The molecule has 4 atom stereocenters. The van der Waals surface area contributed by atoms with Crippen LogP contribution in [0.4, 0.5) is 5.82 Å². The molecule has 0 unspecified atom stereocenters. The van der Waals surface area contributed by atoms with Crippen LogP contribution in [0.25, 0.3) is 11.2 Å². The Balaban J connectivity index is 1.60. The molecular weight excluding hydrogens is 358 g/mol. The molecule has 144 valence electrons. The maximum atomic E-state index is 10.2. The highest BCUT2D eigenvalue weighted by atomic mass is 16.6. The van der Waals surface area contributed by atoms with Crippen molar-refractivity contribution in [2.75, 3.05) is 19.0 Å². The molecule has 4 N–H and O–H groups in total. The smallest absolute Gasteiger partial charge is 0.167 e. The highest BCUT2D eigenvalue weighted by molar-refractivity contribution is 5.82. The molecule has 1 saturated heterocycles. The summed E-state index contributed by atoms with van der Waals surface area (Å²) in [4.78, 5) is 12.7. The Labute approximate surface area is 153 Å². The van der Waals surface area contributed by atoms with E-state index in [1.54, 1.807) is 13.2 Å². The summed E-state index contributed by atoms with van der Waals surface area (Å²) < 4.78 is 17.6. The topological polar surface area (TPSA) is 148 Å². The summed E-state index contributed by atoms with van der Waals surface area (Å²) in [7, 11) is 1.56. The average molecular weight is 377 g/mol. The first-order valence-corrected chi connectivity index (χ1v) is 8.28. The van der Waals surface area contributed by atoms with Crippen LogP contribution in [0.1, 0.15) is 12.0 Å². The van der Waals surface area contributed by atoms with Crippen molar-refractivity contribution in [3.8, 4) is 5.75 Å². The van der Waals surface area contributed by atoms with E-state index in [0.717, 1.165) is 0 Å². The van der Waals surface area contributed by atoms with Gasteiger partial charge in [0.15, 0.2) is 34.7 Å². The molecular formula is C16H19N5O6. The minimum atomic E-state index is -1.22. The van der Waals surface area contributed by atoms with E-state index in [0.29, 0.717) is 35.0 Å². The molecule has 4 heterocycles. The van der Waals surface area contributed by atoms with Gasteiger partial charge in [-0.3, -0.25) is 4.57 Å². The number of aromatic nitrogens is 4. The predicted octanol–water partition coefficient (Wildman–Crippen LogP) is -0.349. The van der Waals surface area contributed by atoms with E-state index < -0.39 is 31.1 Å². The highest BCUT2D eigenvalue weighted by Gasteiger charge is 2.44. The van der Waals surface area contributed by atoms with Crippen molar-refractivity contribution in [1.82, 2.24) is 19.5 Å². The number of furan rings is 1. The number of hydrogen-bond acceptors (Lipinski definition) is 10. The summed E-state index contributed by atoms with van der Waals surface area (Å²) in [5.74, 6) is 1.68. The van der Waals surface area contributed by atoms with E-state index in [9.17, 15) is 15.3 Å². The second-order valence-electron chi connectivity index (χ2n) is 6.04. The molecule has 4 rings (SSSR count). The van der Waals surface area contributed by atoms with Gasteiger partial charge in [-0.25, -0.2) is 15.0 Å². The first-order chi connectivity index (χ1) is 13.1. The molecule has 1 fully saturated rings. The molecule has 27 heavy (non-hydrogen) atoms. The lowest BCUT2D eigenvalue weighted by Gasteiger charge is -2.16. The van der Waals surface area contributed by atoms with Gasteiger partial charge in [0, 0.05) is 6.07 Å². The van der Waals surface area contributed by atoms with Crippen LogP contribution in [-0.2, 0) is 11.3 Å². The molecule has 11 nitrogen and oxygen atoms in total. The minimum absolute atomic E-state index is 0.322. The number of imidazole rings is 1. The molecule has 3 aromatic heterocycles. The summed E-state index contributed by atoms with van der Waals surface area (Å²) in [6.45, 7) is -0.0862. The Hall–Kier alpha value is -2.73. The normalized spacial score (nSPS) is 25.2. The number of anilines is 1. The lowest BCUT2D eigenvalue weighted by atomic mass is 10.1. The Morgan fingerprint density at radius 1 is 1.26 bits per heavy atom. The predicted molar refractivity (Wildman–Crippen MR) is 90.9 cm³/mol. The second-order valence-corrected chi connectivity index (χ2v) is 6.04. The molecule has 0 spiro atoms. The van der Waals surface area contributed by atoms with Crippen molar-refractivity contribution in [3.63, 3.8) is 0 Å². The monoisotopic (exact) mass is 377 g/mol. The summed E-state index contributed by atoms with van der Waals surface area (Å²) in [6, 6.07) is 1.71. The fourth-order valence-corrected chi connectivity index (χ4v) is 3.08. The fraction of sp³-hybridized carbons (Fsp3) is 0.438. The van der Waals surface area contributed by atoms with Gasteiger partial charge >= 0.3 is 0 Å². The fourth-order valence-electron chi connectivity index (χ4n) is 3.08. The summed E-state index contributed by atoms with van der Waals surface area (Å²) >= 11 is 0. The van der Waals surface area contributed by atoms with Crippen molar-refractivity contribution in [2.24, 2.45) is 0 Å². The number of nitrogens with zero attached hydrogens (tertiary/aromatic N) is 4. The zero-order chi connectivity index (χ0) is 19.0. The van der Waals surface area contributed by atoms with E-state index >= 15 is 0 Å². The SMILES string of the molecule is COc1ccoc1CNc1ncnc2c1ncn2[C@@H]1O[C@H](CO)[C@@H](O)[C@@H]1O. The van der Waals surface area contributed by atoms with Crippen LogP contribution < -0.4 is 10.1 Å². The molecule has 0 amide bonds. The van der Waals surface area contributed by atoms with E-state index in [-0.39, 0.29) is 0 Å². The van der Waals surface area contributed by atoms with Crippen LogP contribution in [-0.4, -0.2) is 66.9 Å². The Morgan fingerprint density at radius 2 is 2.11 bits per heavy atom. The van der Waals surface area contributed by atoms with Crippen LogP contribution in [0.2, 0.25) is 0 Å². The Kier molecular flexibility index (Phi) is 4.66. The molecule has 3 aromatic rings. The first kappa shape index (κ1) is 17.7. The third kappa shape index (κ3) is 3.00. The summed E-state index contributed by atoms with van der Waals surface area (Å²) in [5.41, 5.74) is 0.870. The third-order valence-corrected chi connectivity index (χ3v) is 4.49. The van der Waals surface area contributed by atoms with Crippen molar-refractivity contribution in [2.45, 2.75) is 31.1 Å². The number of rotatable bonds is 6. The van der Waals surface area contributed by atoms with Crippen LogP contribution in [0, 0.1) is 0 Å². The lowest BCUT2D eigenvalue weighted by Crippen LogP contribution is -2.33. The number of methoxy groups -OCH3 is 1. The standard InChI is InChI=1S/C16H19N5O6/c1-25-8-2-3-26-9(8)4-17-14-11-15(19-6-18-14)21(7-20-11)16-13(24)12(23)10(5-22)27-16/h2-3,6-7,10,12-13,16,22-24H,4-5H2,1H3,(H,17,18,19)/t10-,12-,13+,16-/m1/s1. The van der Waals surface area contributed by atoms with E-state index in [1.165, 1.54) is 23.5 Å². The van der Waals surface area contributed by atoms with E-state index in [4.69, 9.17) is 13.9 Å². The van der Waals surface area contributed by atoms with Crippen molar-refractivity contribution in [3.05, 3.63) is 30.7 Å². The zero-order valence-electron chi connectivity index (χ0n) is 14.4. The first-order valence-electron chi connectivity index (χ1n) is 8.28. The quantitative estimate of drug-likeness (QED) is 0.449. The molecule has 0 aliphatic carbocycles. The van der Waals surface area contributed by atoms with Crippen molar-refractivity contribution < 1.29 is 29.2 Å². The number of hydrogen-bond donors (Lipinski definition) is 4. The largest absolute Gasteiger partial charge is 0.493 e. The number of ether oxygens (including phenoxy) is 2. The average Bonchev–Trinajstić information content (AvgIpc) is 3.38. The molecule has 1 aliphatic heterocycles. The molecule has 0 saturated carbocycles. The number of fused-ring (bicyclic) bond motifs is 1. The van der Waals surface area contributed by atoms with Crippen LogP contribution in [0.5, 0.6) is 5.75 Å². The van der Waals surface area contributed by atoms with Gasteiger partial charge in [-0.15, -0.1) is 0 Å².